The van der Waals surface area contributed by atoms with Crippen molar-refractivity contribution in [2.45, 2.75) is 0 Å². The van der Waals surface area contributed by atoms with Crippen LogP contribution < -0.4 is 5.32 Å². The summed E-state index contributed by atoms with van der Waals surface area (Å²) >= 11 is 0. The van der Waals surface area contributed by atoms with Crippen LogP contribution in [0.5, 0.6) is 0 Å². The molecule has 1 aliphatic rings. The van der Waals surface area contributed by atoms with Crippen molar-refractivity contribution in [3.8, 4) is 0 Å². The van der Waals surface area contributed by atoms with Gasteiger partial charge in [-0.05, 0) is 12.1 Å². The van der Waals surface area contributed by atoms with E-state index in [1.54, 1.807) is 12.3 Å². The Morgan fingerprint density at radius 2 is 2.18 bits per heavy atom. The first-order valence-corrected chi connectivity index (χ1v) is 5.35. The summed E-state index contributed by atoms with van der Waals surface area (Å²) < 4.78 is 1.88. The molecule has 0 spiro atoms. The van der Waals surface area contributed by atoms with Crippen LogP contribution in [0.4, 0.5) is 5.69 Å². The van der Waals surface area contributed by atoms with E-state index in [4.69, 9.17) is 0 Å². The molecule has 0 unspecified atom stereocenters. The molecule has 1 amide bonds. The number of aromatic nitrogens is 2. The van der Waals surface area contributed by atoms with Gasteiger partial charge in [-0.2, -0.15) is 0 Å². The molecule has 0 bridgehead atoms. The highest BCUT2D eigenvalue weighted by Crippen LogP contribution is 2.32. The monoisotopic (exact) mass is 225 g/mol. The van der Waals surface area contributed by atoms with Crippen LogP contribution in [0.25, 0.3) is 11.6 Å². The number of nitrogens with zero attached hydrogens (tertiary/aromatic N) is 2. The van der Waals surface area contributed by atoms with Crippen LogP contribution in [0.3, 0.4) is 0 Å². The van der Waals surface area contributed by atoms with Crippen LogP contribution in [-0.4, -0.2) is 15.5 Å². The van der Waals surface area contributed by atoms with E-state index in [-0.39, 0.29) is 5.91 Å². The summed E-state index contributed by atoms with van der Waals surface area (Å²) in [6.45, 7) is 0. The van der Waals surface area contributed by atoms with Crippen molar-refractivity contribution in [1.82, 2.24) is 9.55 Å². The first-order chi connectivity index (χ1) is 8.25. The molecule has 3 rings (SSSR count). The predicted molar refractivity (Wildman–Crippen MR) is 66.2 cm³/mol. The third kappa shape index (κ3) is 1.54. The maximum Gasteiger partial charge on any atom is 0.256 e. The molecule has 0 radical (unpaired) electrons. The van der Waals surface area contributed by atoms with Gasteiger partial charge in [-0.15, -0.1) is 0 Å². The molecule has 0 saturated heterocycles. The number of aryl methyl sites for hydroxylation is 1. The van der Waals surface area contributed by atoms with Gasteiger partial charge < -0.3 is 9.88 Å². The molecule has 4 heteroatoms. The van der Waals surface area contributed by atoms with Crippen molar-refractivity contribution in [2.75, 3.05) is 5.32 Å². The molecule has 0 atom stereocenters. The second kappa shape index (κ2) is 3.59. The number of carbonyl (C=O) groups is 1. The number of nitrogens with one attached hydrogen (secondary N) is 1. The highest BCUT2D eigenvalue weighted by atomic mass is 16.2. The lowest BCUT2D eigenvalue weighted by Gasteiger charge is -1.98. The highest BCUT2D eigenvalue weighted by molar-refractivity contribution is 6.34. The van der Waals surface area contributed by atoms with E-state index in [1.807, 2.05) is 42.1 Å². The molecule has 0 saturated carbocycles. The van der Waals surface area contributed by atoms with Crippen LogP contribution in [0.2, 0.25) is 0 Å². The Hall–Kier alpha value is -2.36. The number of rotatable bonds is 1. The average molecular weight is 225 g/mol. The van der Waals surface area contributed by atoms with E-state index >= 15 is 0 Å². The summed E-state index contributed by atoms with van der Waals surface area (Å²) in [5.41, 5.74) is 2.45. The third-order valence-electron chi connectivity index (χ3n) is 2.84. The molecule has 2 aromatic rings. The molecule has 84 valence electrons. The molecule has 17 heavy (non-hydrogen) atoms. The summed E-state index contributed by atoms with van der Waals surface area (Å²) in [5, 5.41) is 2.84. The lowest BCUT2D eigenvalue weighted by molar-refractivity contribution is -0.110. The molecule has 0 aliphatic carbocycles. The smallest absolute Gasteiger partial charge is 0.256 e. The van der Waals surface area contributed by atoms with E-state index in [0.29, 0.717) is 5.57 Å². The highest BCUT2D eigenvalue weighted by Gasteiger charge is 2.23. The first kappa shape index (κ1) is 9.84. The molecule has 2 heterocycles. The molecule has 1 aromatic heterocycles. The standard InChI is InChI=1S/C13H11N3O/c1-16-7-6-14-12(16)8-10-9-4-2-3-5-11(9)15-13(10)17/h2-8H,1H3,(H,15,17)/b10-8-. The molecule has 0 fully saturated rings. The second-order valence-electron chi connectivity index (χ2n) is 3.95. The van der Waals surface area contributed by atoms with Crippen molar-refractivity contribution in [1.29, 1.82) is 0 Å². The number of fused-ring (bicyclic) bond motifs is 1. The molecular weight excluding hydrogens is 214 g/mol. The molecule has 1 N–H and O–H groups in total. The Labute approximate surface area is 98.6 Å². The number of hydrogen-bond donors (Lipinski definition) is 1. The van der Waals surface area contributed by atoms with Crippen molar-refractivity contribution >= 4 is 23.2 Å². The second-order valence-corrected chi connectivity index (χ2v) is 3.95. The maximum absolute atomic E-state index is 11.9. The van der Waals surface area contributed by atoms with E-state index < -0.39 is 0 Å². The van der Waals surface area contributed by atoms with E-state index in [9.17, 15) is 4.79 Å². The van der Waals surface area contributed by atoms with Gasteiger partial charge in [-0.3, -0.25) is 4.79 Å². The Morgan fingerprint density at radius 3 is 2.94 bits per heavy atom. The van der Waals surface area contributed by atoms with Crippen molar-refractivity contribution in [2.24, 2.45) is 7.05 Å². The Morgan fingerprint density at radius 1 is 1.35 bits per heavy atom. The minimum atomic E-state index is -0.0748. The Balaban J connectivity index is 2.13. The van der Waals surface area contributed by atoms with Gasteiger partial charge in [0.2, 0.25) is 0 Å². The van der Waals surface area contributed by atoms with Crippen LogP contribution in [0, 0.1) is 0 Å². The third-order valence-corrected chi connectivity index (χ3v) is 2.84. The average Bonchev–Trinajstić information content (AvgIpc) is 2.85. The molecule has 4 nitrogen and oxygen atoms in total. The van der Waals surface area contributed by atoms with Crippen molar-refractivity contribution in [3.63, 3.8) is 0 Å². The molecule has 1 aliphatic heterocycles. The maximum atomic E-state index is 11.9. The van der Waals surface area contributed by atoms with Crippen molar-refractivity contribution < 1.29 is 4.79 Å². The number of amides is 1. The van der Waals surface area contributed by atoms with Crippen LogP contribution in [0.1, 0.15) is 11.4 Å². The number of anilines is 1. The lowest BCUT2D eigenvalue weighted by Crippen LogP contribution is -2.04. The summed E-state index contributed by atoms with van der Waals surface area (Å²) in [4.78, 5) is 16.0. The van der Waals surface area contributed by atoms with E-state index in [2.05, 4.69) is 10.3 Å². The summed E-state index contributed by atoms with van der Waals surface area (Å²) in [7, 11) is 1.90. The summed E-state index contributed by atoms with van der Waals surface area (Å²) in [5.74, 6) is 0.695. The van der Waals surface area contributed by atoms with Crippen LogP contribution in [0.15, 0.2) is 36.7 Å². The van der Waals surface area contributed by atoms with Gasteiger partial charge in [0.1, 0.15) is 5.82 Å². The Bertz CT molecular complexity index is 625. The van der Waals surface area contributed by atoms with Gasteiger partial charge in [0.25, 0.3) is 5.91 Å². The largest absolute Gasteiger partial charge is 0.335 e. The number of benzene rings is 1. The topological polar surface area (TPSA) is 46.9 Å². The fourth-order valence-corrected chi connectivity index (χ4v) is 1.93. The molecule has 1 aromatic carbocycles. The summed E-state index contributed by atoms with van der Waals surface area (Å²) in [6, 6.07) is 7.66. The number of carbonyl (C=O) groups excluding carboxylic acids is 1. The predicted octanol–water partition coefficient (Wildman–Crippen LogP) is 1.91. The minimum Gasteiger partial charge on any atom is -0.335 e. The zero-order valence-electron chi connectivity index (χ0n) is 9.34. The number of imidazole rings is 1. The normalized spacial score (nSPS) is 16.1. The van der Waals surface area contributed by atoms with Gasteiger partial charge >= 0.3 is 0 Å². The van der Waals surface area contributed by atoms with Gasteiger partial charge in [0.05, 0.1) is 5.57 Å². The minimum absolute atomic E-state index is 0.0748. The Kier molecular flexibility index (Phi) is 2.08. The van der Waals surface area contributed by atoms with E-state index in [1.165, 1.54) is 0 Å². The number of hydrogen-bond acceptors (Lipinski definition) is 2. The van der Waals surface area contributed by atoms with Gasteiger partial charge in [0.15, 0.2) is 0 Å². The fourth-order valence-electron chi connectivity index (χ4n) is 1.93. The quantitative estimate of drug-likeness (QED) is 0.753. The van der Waals surface area contributed by atoms with Crippen LogP contribution in [-0.2, 0) is 11.8 Å². The first-order valence-electron chi connectivity index (χ1n) is 5.35. The van der Waals surface area contributed by atoms with Gasteiger partial charge in [-0.25, -0.2) is 4.98 Å². The summed E-state index contributed by atoms with van der Waals surface area (Å²) in [6.07, 6.45) is 5.37. The lowest BCUT2D eigenvalue weighted by atomic mass is 10.1. The fraction of sp³-hybridized carbons (Fsp3) is 0.0769. The van der Waals surface area contributed by atoms with Gasteiger partial charge in [-0.1, -0.05) is 18.2 Å². The zero-order chi connectivity index (χ0) is 11.8. The molecular formula is C13H11N3O. The van der Waals surface area contributed by atoms with Crippen molar-refractivity contribution in [3.05, 3.63) is 48.0 Å². The van der Waals surface area contributed by atoms with Gasteiger partial charge in [0, 0.05) is 30.7 Å². The SMILES string of the molecule is Cn1ccnc1/C=C1\C(=O)Nc2ccccc21. The number of para-hydroxylation sites is 1. The van der Waals surface area contributed by atoms with E-state index in [0.717, 1.165) is 17.1 Å². The van der Waals surface area contributed by atoms with Crippen LogP contribution >= 0.6 is 0 Å². The zero-order valence-corrected chi connectivity index (χ0v) is 9.34.